The Morgan fingerprint density at radius 3 is 1.60 bits per heavy atom. The third-order valence-electron chi connectivity index (χ3n) is 3.89. The van der Waals surface area contributed by atoms with Crippen LogP contribution in [0.4, 0.5) is 0 Å². The molecule has 7 nitrogen and oxygen atoms in total. The molecule has 0 saturated heterocycles. The first-order valence-electron chi connectivity index (χ1n) is 8.20. The van der Waals surface area contributed by atoms with Crippen LogP contribution in [0, 0.1) is 11.8 Å². The number of hydrogen-bond donors (Lipinski definition) is 4. The molecule has 0 unspecified atom stereocenters. The van der Waals surface area contributed by atoms with Crippen molar-refractivity contribution in [2.75, 3.05) is 13.2 Å². The summed E-state index contributed by atoms with van der Waals surface area (Å²) in [6, 6.07) is 1.86. The zero-order valence-corrected chi connectivity index (χ0v) is 15.7. The van der Waals surface area contributed by atoms with Gasteiger partial charge in [-0.1, -0.05) is 39.3 Å². The molecule has 0 bridgehead atoms. The number of aliphatic hydroxyl groups excluding tert-OH is 2. The SMILES string of the molecule is CC(C)[C@@H](CO)NC(=O)c1cc(Cl)cc(C(=O)N[C@H](CO)C(C)C)n1. The van der Waals surface area contributed by atoms with Gasteiger partial charge in [-0.25, -0.2) is 4.98 Å². The molecule has 8 heteroatoms. The molecule has 0 radical (unpaired) electrons. The van der Waals surface area contributed by atoms with Crippen LogP contribution in [0.1, 0.15) is 48.7 Å². The fourth-order valence-corrected chi connectivity index (χ4v) is 2.27. The third-order valence-corrected chi connectivity index (χ3v) is 4.11. The molecule has 0 spiro atoms. The topological polar surface area (TPSA) is 112 Å². The highest BCUT2D eigenvalue weighted by molar-refractivity contribution is 6.31. The lowest BCUT2D eigenvalue weighted by Crippen LogP contribution is -2.42. The minimum atomic E-state index is -0.521. The molecular weight excluding hydrogens is 346 g/mol. The molecule has 2 atom stereocenters. The van der Waals surface area contributed by atoms with E-state index in [-0.39, 0.29) is 41.5 Å². The molecule has 2 amide bonds. The summed E-state index contributed by atoms with van der Waals surface area (Å²) in [5.41, 5.74) is -0.0244. The van der Waals surface area contributed by atoms with Gasteiger partial charge >= 0.3 is 0 Å². The van der Waals surface area contributed by atoms with E-state index in [1.54, 1.807) is 0 Å². The number of amides is 2. The van der Waals surface area contributed by atoms with Gasteiger partial charge < -0.3 is 20.8 Å². The van der Waals surface area contributed by atoms with E-state index in [0.29, 0.717) is 0 Å². The molecule has 25 heavy (non-hydrogen) atoms. The number of carbonyl (C=O) groups excluding carboxylic acids is 2. The average Bonchev–Trinajstić information content (AvgIpc) is 2.55. The Balaban J connectivity index is 2.99. The molecule has 0 fully saturated rings. The quantitative estimate of drug-likeness (QED) is 0.549. The molecule has 1 aromatic rings. The highest BCUT2D eigenvalue weighted by atomic mass is 35.5. The van der Waals surface area contributed by atoms with Crippen molar-refractivity contribution in [1.29, 1.82) is 0 Å². The molecule has 0 aliphatic heterocycles. The van der Waals surface area contributed by atoms with Gasteiger partial charge in [0.2, 0.25) is 0 Å². The standard InChI is InChI=1S/C17H26ClN3O4/c1-9(2)14(7-22)20-16(24)12-5-11(18)6-13(19-12)17(25)21-15(8-23)10(3)4/h5-6,9-10,14-15,22-23H,7-8H2,1-4H3,(H,20,24)(H,21,25)/t14-,15-/m1/s1. The Morgan fingerprint density at radius 1 is 0.960 bits per heavy atom. The smallest absolute Gasteiger partial charge is 0.270 e. The van der Waals surface area contributed by atoms with Gasteiger partial charge in [0.15, 0.2) is 0 Å². The lowest BCUT2D eigenvalue weighted by molar-refractivity contribution is 0.0885. The van der Waals surface area contributed by atoms with Gasteiger partial charge in [0.25, 0.3) is 11.8 Å². The molecule has 0 aromatic carbocycles. The van der Waals surface area contributed by atoms with Gasteiger partial charge in [-0.15, -0.1) is 0 Å². The van der Waals surface area contributed by atoms with E-state index in [1.165, 1.54) is 12.1 Å². The maximum Gasteiger partial charge on any atom is 0.270 e. The Morgan fingerprint density at radius 2 is 1.32 bits per heavy atom. The van der Waals surface area contributed by atoms with Crippen molar-refractivity contribution in [2.45, 2.75) is 39.8 Å². The van der Waals surface area contributed by atoms with Crippen LogP contribution in [-0.2, 0) is 0 Å². The van der Waals surface area contributed by atoms with Crippen LogP contribution in [0.3, 0.4) is 0 Å². The van der Waals surface area contributed by atoms with Crippen LogP contribution in [0.25, 0.3) is 0 Å². The fourth-order valence-electron chi connectivity index (χ4n) is 2.06. The van der Waals surface area contributed by atoms with Crippen molar-refractivity contribution in [3.8, 4) is 0 Å². The number of halogens is 1. The van der Waals surface area contributed by atoms with Crippen molar-refractivity contribution in [3.63, 3.8) is 0 Å². The molecule has 1 heterocycles. The summed E-state index contributed by atoms with van der Waals surface area (Å²) in [5, 5.41) is 24.2. The second-order valence-electron chi connectivity index (χ2n) is 6.57. The lowest BCUT2D eigenvalue weighted by Gasteiger charge is -2.21. The van der Waals surface area contributed by atoms with E-state index in [9.17, 15) is 19.8 Å². The Kier molecular flexibility index (Phi) is 8.28. The predicted octanol–water partition coefficient (Wildman–Crippen LogP) is 1.23. The second-order valence-corrected chi connectivity index (χ2v) is 7.01. The third kappa shape index (κ3) is 6.26. The minimum absolute atomic E-state index is 0.0122. The van der Waals surface area contributed by atoms with E-state index in [1.807, 2.05) is 27.7 Å². The van der Waals surface area contributed by atoms with Crippen molar-refractivity contribution >= 4 is 23.4 Å². The van der Waals surface area contributed by atoms with Crippen LogP contribution < -0.4 is 10.6 Å². The number of aromatic nitrogens is 1. The summed E-state index contributed by atoms with van der Waals surface area (Å²) in [4.78, 5) is 28.7. The van der Waals surface area contributed by atoms with E-state index >= 15 is 0 Å². The maximum atomic E-state index is 12.3. The van der Waals surface area contributed by atoms with Gasteiger partial charge in [0.05, 0.1) is 25.3 Å². The number of rotatable bonds is 8. The second kappa shape index (κ2) is 9.70. The van der Waals surface area contributed by atoms with Gasteiger partial charge in [0, 0.05) is 5.02 Å². The summed E-state index contributed by atoms with van der Waals surface area (Å²) in [5.74, 6) is -0.974. The first-order chi connectivity index (χ1) is 11.7. The minimum Gasteiger partial charge on any atom is -0.394 e. The molecule has 1 aromatic heterocycles. The van der Waals surface area contributed by atoms with Crippen molar-refractivity contribution in [3.05, 3.63) is 28.5 Å². The summed E-state index contributed by atoms with van der Waals surface area (Å²) >= 11 is 6.01. The first-order valence-corrected chi connectivity index (χ1v) is 8.58. The molecular formula is C17H26ClN3O4. The van der Waals surface area contributed by atoms with E-state index in [2.05, 4.69) is 15.6 Å². The molecule has 0 aliphatic carbocycles. The predicted molar refractivity (Wildman–Crippen MR) is 95.6 cm³/mol. The molecule has 0 aliphatic rings. The van der Waals surface area contributed by atoms with Crippen molar-refractivity contribution in [2.24, 2.45) is 11.8 Å². The molecule has 4 N–H and O–H groups in total. The van der Waals surface area contributed by atoms with Gasteiger partial charge in [-0.2, -0.15) is 0 Å². The lowest BCUT2D eigenvalue weighted by atomic mass is 10.1. The van der Waals surface area contributed by atoms with Crippen LogP contribution in [0.5, 0.6) is 0 Å². The number of nitrogens with zero attached hydrogens (tertiary/aromatic N) is 1. The molecule has 0 saturated carbocycles. The zero-order valence-electron chi connectivity index (χ0n) is 14.9. The van der Waals surface area contributed by atoms with E-state index in [0.717, 1.165) is 0 Å². The Hall–Kier alpha value is -1.70. The largest absolute Gasteiger partial charge is 0.394 e. The highest BCUT2D eigenvalue weighted by Crippen LogP contribution is 2.13. The molecule has 140 valence electrons. The van der Waals surface area contributed by atoms with Gasteiger partial charge in [-0.05, 0) is 24.0 Å². The summed E-state index contributed by atoms with van der Waals surface area (Å²) in [6.07, 6.45) is 0. The Labute approximate surface area is 152 Å². The number of nitrogens with one attached hydrogen (secondary N) is 2. The number of aliphatic hydroxyl groups is 2. The summed E-state index contributed by atoms with van der Waals surface area (Å²) < 4.78 is 0. The fraction of sp³-hybridized carbons (Fsp3) is 0.588. The first kappa shape index (κ1) is 21.3. The van der Waals surface area contributed by atoms with Crippen LogP contribution in [-0.4, -0.2) is 52.3 Å². The van der Waals surface area contributed by atoms with Crippen molar-refractivity contribution in [1.82, 2.24) is 15.6 Å². The summed E-state index contributed by atoms with van der Waals surface area (Å²) in [7, 11) is 0. The normalized spacial score (nSPS) is 13.6. The monoisotopic (exact) mass is 371 g/mol. The van der Waals surface area contributed by atoms with Gasteiger partial charge in [0.1, 0.15) is 11.4 Å². The van der Waals surface area contributed by atoms with Gasteiger partial charge in [-0.3, -0.25) is 9.59 Å². The highest BCUT2D eigenvalue weighted by Gasteiger charge is 2.21. The number of carbonyl (C=O) groups is 2. The van der Waals surface area contributed by atoms with Crippen LogP contribution >= 0.6 is 11.6 Å². The van der Waals surface area contributed by atoms with Crippen LogP contribution in [0.2, 0.25) is 5.02 Å². The zero-order chi connectivity index (χ0) is 19.1. The maximum absolute atomic E-state index is 12.3. The Bertz CT molecular complexity index is 559. The van der Waals surface area contributed by atoms with Crippen molar-refractivity contribution < 1.29 is 19.8 Å². The summed E-state index contributed by atoms with van der Waals surface area (Å²) in [6.45, 7) is 7.06. The number of pyridine rings is 1. The van der Waals surface area contributed by atoms with E-state index in [4.69, 9.17) is 11.6 Å². The van der Waals surface area contributed by atoms with E-state index < -0.39 is 23.9 Å². The molecule has 1 rings (SSSR count). The van der Waals surface area contributed by atoms with Crippen LogP contribution in [0.15, 0.2) is 12.1 Å². The number of hydrogen-bond acceptors (Lipinski definition) is 5. The average molecular weight is 372 g/mol.